The summed E-state index contributed by atoms with van der Waals surface area (Å²) in [5.41, 5.74) is 2.94. The first-order valence-electron chi connectivity index (χ1n) is 5.75. The number of quaternary nitrogens is 1. The number of hydrogen-bond acceptors (Lipinski definition) is 1. The Labute approximate surface area is 102 Å². The third-order valence-corrected chi connectivity index (χ3v) is 3.81. The third kappa shape index (κ3) is 1.34. The number of carbonyl (C=O) groups excluding carboxylic acids is 1. The molecule has 1 aromatic carbocycles. The molecule has 0 aromatic heterocycles. The molecule has 1 aromatic rings. The Bertz CT molecular complexity index is 501. The number of allylic oxidation sites excluding steroid dienone is 1. The molecule has 0 N–H and O–H groups in total. The van der Waals surface area contributed by atoms with E-state index in [4.69, 9.17) is 0 Å². The lowest BCUT2D eigenvalue weighted by atomic mass is 9.84. The van der Waals surface area contributed by atoms with Crippen molar-refractivity contribution in [3.8, 4) is 0 Å². The maximum atomic E-state index is 11.6. The van der Waals surface area contributed by atoms with Gasteiger partial charge in [0.2, 0.25) is 0 Å². The minimum absolute atomic E-state index is 0.173. The molecule has 2 rings (SSSR count). The van der Waals surface area contributed by atoms with Gasteiger partial charge in [-0.1, -0.05) is 24.8 Å². The summed E-state index contributed by atoms with van der Waals surface area (Å²) in [6.07, 6.45) is 2.75. The molecular weight excluding hydrogens is 210 g/mol. The Morgan fingerprint density at radius 2 is 2.00 bits per heavy atom. The lowest BCUT2D eigenvalue weighted by molar-refractivity contribution is -0.115. The second-order valence-electron chi connectivity index (χ2n) is 5.03. The van der Waals surface area contributed by atoms with Crippen LogP contribution in [0.15, 0.2) is 49.2 Å². The smallest absolute Gasteiger partial charge is 0.233 e. The van der Waals surface area contributed by atoms with E-state index in [1.165, 1.54) is 5.56 Å². The highest BCUT2D eigenvalue weighted by molar-refractivity contribution is 5.82. The van der Waals surface area contributed by atoms with Crippen LogP contribution in [-0.2, 0) is 10.2 Å². The summed E-state index contributed by atoms with van der Waals surface area (Å²) < 4.78 is 0.173. The molecule has 0 spiro atoms. The highest BCUT2D eigenvalue weighted by Crippen LogP contribution is 2.50. The van der Waals surface area contributed by atoms with Crippen LogP contribution in [0.4, 0.5) is 5.69 Å². The highest BCUT2D eigenvalue weighted by atomic mass is 16.1. The number of para-hydroxylation sites is 1. The first-order chi connectivity index (χ1) is 8.00. The minimum Gasteiger partial charge on any atom is -0.233 e. The van der Waals surface area contributed by atoms with Crippen LogP contribution in [0.3, 0.4) is 0 Å². The molecule has 17 heavy (non-hydrogen) atoms. The van der Waals surface area contributed by atoms with Crippen LogP contribution < -0.4 is 4.48 Å². The third-order valence-electron chi connectivity index (χ3n) is 3.81. The first kappa shape index (κ1) is 11.8. The summed E-state index contributed by atoms with van der Waals surface area (Å²) >= 11 is 0. The molecule has 0 bridgehead atoms. The molecule has 1 aliphatic rings. The molecule has 2 heteroatoms. The number of carbonyl (C=O) groups is 1. The van der Waals surface area contributed by atoms with Crippen molar-refractivity contribution >= 4 is 12.1 Å². The van der Waals surface area contributed by atoms with Gasteiger partial charge < -0.3 is 0 Å². The van der Waals surface area contributed by atoms with Crippen LogP contribution in [0.1, 0.15) is 19.4 Å². The van der Waals surface area contributed by atoms with Gasteiger partial charge in [-0.05, 0) is 26.5 Å². The lowest BCUT2D eigenvalue weighted by Crippen LogP contribution is -2.46. The number of nitrogens with zero attached hydrogens (tertiary/aromatic N) is 1. The molecule has 0 aliphatic carbocycles. The number of fused-ring (bicyclic) bond motifs is 1. The van der Waals surface area contributed by atoms with Gasteiger partial charge in [-0.15, -0.1) is 0 Å². The molecule has 1 amide bonds. The van der Waals surface area contributed by atoms with Gasteiger partial charge in [-0.3, -0.25) is 0 Å². The number of amides is 1. The van der Waals surface area contributed by atoms with Crippen molar-refractivity contribution in [1.82, 2.24) is 4.48 Å². The SMILES string of the molecule is C=CC[N+]1(C=O)C(=C)C(C)(C)c2ccccc21. The van der Waals surface area contributed by atoms with Gasteiger partial charge in [0.25, 0.3) is 0 Å². The van der Waals surface area contributed by atoms with Crippen molar-refractivity contribution in [2.45, 2.75) is 19.3 Å². The van der Waals surface area contributed by atoms with Crippen LogP contribution >= 0.6 is 0 Å². The van der Waals surface area contributed by atoms with E-state index in [-0.39, 0.29) is 9.90 Å². The summed E-state index contributed by atoms with van der Waals surface area (Å²) in [6.45, 7) is 12.7. The van der Waals surface area contributed by atoms with Crippen molar-refractivity contribution in [3.63, 3.8) is 0 Å². The van der Waals surface area contributed by atoms with E-state index >= 15 is 0 Å². The van der Waals surface area contributed by atoms with Crippen LogP contribution in [0.2, 0.25) is 0 Å². The van der Waals surface area contributed by atoms with Gasteiger partial charge in [0.05, 0.1) is 5.41 Å². The van der Waals surface area contributed by atoms with Crippen molar-refractivity contribution in [1.29, 1.82) is 0 Å². The average molecular weight is 228 g/mol. The molecular formula is C15H18NO+. The molecule has 88 valence electrons. The molecule has 1 heterocycles. The maximum Gasteiger partial charge on any atom is 0.311 e. The van der Waals surface area contributed by atoms with E-state index in [2.05, 4.69) is 33.1 Å². The predicted octanol–water partition coefficient (Wildman–Crippen LogP) is 3.14. The molecule has 1 aliphatic heterocycles. The number of rotatable bonds is 3. The molecule has 1 atom stereocenters. The van der Waals surface area contributed by atoms with Crippen LogP contribution in [0.25, 0.3) is 0 Å². The average Bonchev–Trinajstić information content (AvgIpc) is 2.50. The van der Waals surface area contributed by atoms with Gasteiger partial charge in [0.15, 0.2) is 0 Å². The normalized spacial score (nSPS) is 25.4. The minimum atomic E-state index is -0.180. The van der Waals surface area contributed by atoms with Crippen LogP contribution in [-0.4, -0.2) is 13.0 Å². The first-order valence-corrected chi connectivity index (χ1v) is 5.75. The zero-order valence-electron chi connectivity index (χ0n) is 10.4. The van der Waals surface area contributed by atoms with E-state index < -0.39 is 0 Å². The fourth-order valence-corrected chi connectivity index (χ4v) is 2.73. The number of benzene rings is 1. The fraction of sp³-hybridized carbons (Fsp3) is 0.267. The largest absolute Gasteiger partial charge is 0.311 e. The van der Waals surface area contributed by atoms with E-state index in [0.717, 1.165) is 17.8 Å². The summed E-state index contributed by atoms with van der Waals surface area (Å²) in [5.74, 6) is 0. The topological polar surface area (TPSA) is 17.1 Å². The molecule has 0 saturated carbocycles. The number of hydrogen-bond donors (Lipinski definition) is 0. The summed E-state index contributed by atoms with van der Waals surface area (Å²) in [7, 11) is 0. The molecule has 0 fully saturated rings. The van der Waals surface area contributed by atoms with Gasteiger partial charge >= 0.3 is 6.41 Å². The van der Waals surface area contributed by atoms with Gasteiger partial charge in [0, 0.05) is 11.6 Å². The van der Waals surface area contributed by atoms with Gasteiger partial charge in [-0.25, -0.2) is 4.79 Å². The predicted molar refractivity (Wildman–Crippen MR) is 71.5 cm³/mol. The molecule has 0 radical (unpaired) electrons. The fourth-order valence-electron chi connectivity index (χ4n) is 2.73. The monoisotopic (exact) mass is 228 g/mol. The van der Waals surface area contributed by atoms with E-state index in [9.17, 15) is 4.79 Å². The van der Waals surface area contributed by atoms with Crippen LogP contribution in [0, 0.1) is 0 Å². The second kappa shape index (κ2) is 3.67. The summed E-state index contributed by atoms with van der Waals surface area (Å²) in [6, 6.07) is 8.06. The zero-order chi connectivity index (χ0) is 12.7. The standard InChI is InChI=1S/C15H18NO/c1-5-10-16(11-17)12(2)15(3,4)13-8-6-7-9-14(13)16/h5-9,11H,1-2,10H2,3-4H3/q+1. The molecule has 1 unspecified atom stereocenters. The Balaban J connectivity index is 2.76. The van der Waals surface area contributed by atoms with E-state index in [0.29, 0.717) is 6.54 Å². The van der Waals surface area contributed by atoms with Gasteiger partial charge in [-0.2, -0.15) is 4.48 Å². The van der Waals surface area contributed by atoms with E-state index in [1.54, 1.807) is 6.08 Å². The summed E-state index contributed by atoms with van der Waals surface area (Å²) in [4.78, 5) is 11.6. The Kier molecular flexibility index (Phi) is 2.55. The molecule has 2 nitrogen and oxygen atoms in total. The van der Waals surface area contributed by atoms with Crippen molar-refractivity contribution in [3.05, 3.63) is 54.8 Å². The lowest BCUT2D eigenvalue weighted by Gasteiger charge is -2.29. The highest BCUT2D eigenvalue weighted by Gasteiger charge is 2.52. The van der Waals surface area contributed by atoms with E-state index in [1.807, 2.05) is 18.2 Å². The van der Waals surface area contributed by atoms with Gasteiger partial charge in [0.1, 0.15) is 17.9 Å². The Morgan fingerprint density at radius 1 is 1.35 bits per heavy atom. The Morgan fingerprint density at radius 3 is 2.59 bits per heavy atom. The maximum absolute atomic E-state index is 11.6. The zero-order valence-corrected chi connectivity index (χ0v) is 10.4. The van der Waals surface area contributed by atoms with Crippen molar-refractivity contribution in [2.75, 3.05) is 6.54 Å². The molecule has 0 saturated heterocycles. The van der Waals surface area contributed by atoms with Crippen LogP contribution in [0.5, 0.6) is 0 Å². The Hall–Kier alpha value is -1.67. The van der Waals surface area contributed by atoms with Crippen molar-refractivity contribution < 1.29 is 4.79 Å². The second-order valence-corrected chi connectivity index (χ2v) is 5.03. The quantitative estimate of drug-likeness (QED) is 0.441. The van der Waals surface area contributed by atoms with Crippen molar-refractivity contribution in [2.24, 2.45) is 0 Å². The summed E-state index contributed by atoms with van der Waals surface area (Å²) in [5, 5.41) is 0.